The Morgan fingerprint density at radius 2 is 1.96 bits per heavy atom. The summed E-state index contributed by atoms with van der Waals surface area (Å²) in [7, 11) is 1.83. The molecule has 0 fully saturated rings. The zero-order valence-electron chi connectivity index (χ0n) is 14.5. The molecule has 2 rings (SSSR count). The summed E-state index contributed by atoms with van der Waals surface area (Å²) in [5.74, 6) is 0.884. The largest absolute Gasteiger partial charge is 0.364 e. The molecule has 0 amide bonds. The van der Waals surface area contributed by atoms with E-state index < -0.39 is 0 Å². The SMILES string of the molecule is CCCCCCNC(=NC)NCc1cccc(N2CC=CC2)c1. The van der Waals surface area contributed by atoms with Crippen LogP contribution in [0.4, 0.5) is 5.69 Å². The Hall–Kier alpha value is -1.97. The van der Waals surface area contributed by atoms with Crippen LogP contribution in [0.5, 0.6) is 0 Å². The Morgan fingerprint density at radius 1 is 1.13 bits per heavy atom. The van der Waals surface area contributed by atoms with Crippen molar-refractivity contribution in [2.75, 3.05) is 31.6 Å². The predicted molar refractivity (Wildman–Crippen MR) is 100 cm³/mol. The molecule has 0 radical (unpaired) electrons. The quantitative estimate of drug-likeness (QED) is 0.335. The molecule has 0 spiro atoms. The first kappa shape index (κ1) is 17.4. The van der Waals surface area contributed by atoms with Gasteiger partial charge in [-0.3, -0.25) is 4.99 Å². The summed E-state index contributed by atoms with van der Waals surface area (Å²) in [6.45, 7) is 6.04. The second-order valence-electron chi connectivity index (χ2n) is 5.96. The molecule has 4 nitrogen and oxygen atoms in total. The molecule has 126 valence electrons. The van der Waals surface area contributed by atoms with Gasteiger partial charge in [0, 0.05) is 38.9 Å². The molecule has 1 aliphatic heterocycles. The van der Waals surface area contributed by atoms with Crippen molar-refractivity contribution >= 4 is 11.6 Å². The van der Waals surface area contributed by atoms with E-state index in [1.165, 1.54) is 36.9 Å². The van der Waals surface area contributed by atoms with Crippen LogP contribution in [0.3, 0.4) is 0 Å². The summed E-state index contributed by atoms with van der Waals surface area (Å²) in [5, 5.41) is 6.79. The highest BCUT2D eigenvalue weighted by Gasteiger charge is 2.08. The van der Waals surface area contributed by atoms with Crippen LogP contribution in [0.25, 0.3) is 0 Å². The van der Waals surface area contributed by atoms with Gasteiger partial charge in [-0.1, -0.05) is 50.5 Å². The van der Waals surface area contributed by atoms with E-state index in [1.807, 2.05) is 7.05 Å². The van der Waals surface area contributed by atoms with Gasteiger partial charge < -0.3 is 15.5 Å². The molecular weight excluding hydrogens is 284 g/mol. The van der Waals surface area contributed by atoms with Crippen molar-refractivity contribution in [2.45, 2.75) is 39.2 Å². The van der Waals surface area contributed by atoms with Gasteiger partial charge in [-0.05, 0) is 24.1 Å². The summed E-state index contributed by atoms with van der Waals surface area (Å²) in [5.41, 5.74) is 2.57. The van der Waals surface area contributed by atoms with E-state index in [0.717, 1.165) is 32.1 Å². The van der Waals surface area contributed by atoms with Gasteiger partial charge in [0.15, 0.2) is 5.96 Å². The maximum absolute atomic E-state index is 4.29. The highest BCUT2D eigenvalue weighted by Crippen LogP contribution is 2.18. The van der Waals surface area contributed by atoms with Gasteiger partial charge in [0.1, 0.15) is 0 Å². The third-order valence-electron chi connectivity index (χ3n) is 4.10. The molecule has 2 N–H and O–H groups in total. The lowest BCUT2D eigenvalue weighted by molar-refractivity contribution is 0.647. The second-order valence-corrected chi connectivity index (χ2v) is 5.96. The summed E-state index contributed by atoms with van der Waals surface area (Å²) >= 11 is 0. The lowest BCUT2D eigenvalue weighted by Crippen LogP contribution is -2.37. The van der Waals surface area contributed by atoms with Crippen molar-refractivity contribution in [3.05, 3.63) is 42.0 Å². The number of unbranched alkanes of at least 4 members (excludes halogenated alkanes) is 3. The molecule has 0 aromatic heterocycles. The topological polar surface area (TPSA) is 39.7 Å². The van der Waals surface area contributed by atoms with Crippen molar-refractivity contribution in [1.29, 1.82) is 0 Å². The fraction of sp³-hybridized carbons (Fsp3) is 0.526. The molecule has 0 saturated heterocycles. The Morgan fingerprint density at radius 3 is 2.70 bits per heavy atom. The summed E-state index contributed by atoms with van der Waals surface area (Å²) in [6.07, 6.45) is 9.50. The van der Waals surface area contributed by atoms with Gasteiger partial charge in [-0.15, -0.1) is 0 Å². The van der Waals surface area contributed by atoms with Gasteiger partial charge in [0.05, 0.1) is 0 Å². The predicted octanol–water partition coefficient (Wildman–Crippen LogP) is 3.31. The van der Waals surface area contributed by atoms with Crippen LogP contribution in [-0.4, -0.2) is 32.6 Å². The number of guanidine groups is 1. The van der Waals surface area contributed by atoms with Crippen molar-refractivity contribution in [2.24, 2.45) is 4.99 Å². The van der Waals surface area contributed by atoms with Crippen LogP contribution in [0.1, 0.15) is 38.2 Å². The number of aliphatic imine (C=N–C) groups is 1. The van der Waals surface area contributed by atoms with Gasteiger partial charge in [0.25, 0.3) is 0 Å². The third-order valence-corrected chi connectivity index (χ3v) is 4.10. The molecule has 4 heteroatoms. The van der Waals surface area contributed by atoms with Crippen molar-refractivity contribution in [1.82, 2.24) is 10.6 Å². The molecule has 23 heavy (non-hydrogen) atoms. The minimum absolute atomic E-state index is 0.795. The Kier molecular flexibility index (Phi) is 7.50. The molecule has 0 aliphatic carbocycles. The van der Waals surface area contributed by atoms with Gasteiger partial charge >= 0.3 is 0 Å². The van der Waals surface area contributed by atoms with Crippen LogP contribution in [0.15, 0.2) is 41.4 Å². The van der Waals surface area contributed by atoms with Crippen molar-refractivity contribution in [3.8, 4) is 0 Å². The second kappa shape index (κ2) is 9.93. The summed E-state index contributed by atoms with van der Waals surface area (Å²) in [4.78, 5) is 6.66. The first-order valence-electron chi connectivity index (χ1n) is 8.77. The van der Waals surface area contributed by atoms with E-state index in [0.29, 0.717) is 0 Å². The van der Waals surface area contributed by atoms with Crippen LogP contribution >= 0.6 is 0 Å². The van der Waals surface area contributed by atoms with E-state index in [2.05, 4.69) is 63.9 Å². The lowest BCUT2D eigenvalue weighted by Gasteiger charge is -2.19. The third kappa shape index (κ3) is 5.97. The first-order chi connectivity index (χ1) is 11.3. The molecule has 1 aromatic rings. The molecule has 0 bridgehead atoms. The fourth-order valence-corrected chi connectivity index (χ4v) is 2.72. The van der Waals surface area contributed by atoms with Gasteiger partial charge in [-0.2, -0.15) is 0 Å². The number of rotatable bonds is 8. The molecular formula is C19H30N4. The molecule has 0 unspecified atom stereocenters. The van der Waals surface area contributed by atoms with Crippen LogP contribution in [0.2, 0.25) is 0 Å². The zero-order chi connectivity index (χ0) is 16.3. The lowest BCUT2D eigenvalue weighted by atomic mass is 10.2. The Labute approximate surface area is 140 Å². The molecule has 1 aromatic carbocycles. The van der Waals surface area contributed by atoms with E-state index in [1.54, 1.807) is 0 Å². The molecule has 1 aliphatic rings. The summed E-state index contributed by atoms with van der Waals surface area (Å²) < 4.78 is 0. The van der Waals surface area contributed by atoms with E-state index >= 15 is 0 Å². The minimum Gasteiger partial charge on any atom is -0.364 e. The zero-order valence-corrected chi connectivity index (χ0v) is 14.5. The number of anilines is 1. The minimum atomic E-state index is 0.795. The van der Waals surface area contributed by atoms with Gasteiger partial charge in [-0.25, -0.2) is 0 Å². The fourth-order valence-electron chi connectivity index (χ4n) is 2.72. The normalized spacial score (nSPS) is 14.3. The first-order valence-corrected chi connectivity index (χ1v) is 8.77. The number of nitrogens with zero attached hydrogens (tertiary/aromatic N) is 2. The van der Waals surface area contributed by atoms with Crippen LogP contribution in [0, 0.1) is 0 Å². The van der Waals surface area contributed by atoms with E-state index in [-0.39, 0.29) is 0 Å². The smallest absolute Gasteiger partial charge is 0.191 e. The number of hydrogen-bond acceptors (Lipinski definition) is 2. The van der Waals surface area contributed by atoms with Crippen molar-refractivity contribution in [3.63, 3.8) is 0 Å². The number of hydrogen-bond donors (Lipinski definition) is 2. The highest BCUT2D eigenvalue weighted by molar-refractivity contribution is 5.79. The maximum Gasteiger partial charge on any atom is 0.191 e. The number of nitrogens with one attached hydrogen (secondary N) is 2. The molecule has 0 atom stereocenters. The van der Waals surface area contributed by atoms with E-state index in [4.69, 9.17) is 0 Å². The standard InChI is InChI=1S/C19H30N4/c1-3-4-5-6-12-21-19(20-2)22-16-17-10-9-11-18(15-17)23-13-7-8-14-23/h7-11,15H,3-6,12-14,16H2,1-2H3,(H2,20,21,22). The Bertz CT molecular complexity index is 514. The molecule has 1 heterocycles. The average Bonchev–Trinajstić information content (AvgIpc) is 3.12. The summed E-state index contributed by atoms with van der Waals surface area (Å²) in [6, 6.07) is 8.73. The highest BCUT2D eigenvalue weighted by atomic mass is 15.2. The van der Waals surface area contributed by atoms with E-state index in [9.17, 15) is 0 Å². The van der Waals surface area contributed by atoms with Gasteiger partial charge in [0.2, 0.25) is 0 Å². The molecule has 0 saturated carbocycles. The van der Waals surface area contributed by atoms with Crippen molar-refractivity contribution < 1.29 is 0 Å². The monoisotopic (exact) mass is 314 g/mol. The number of benzene rings is 1. The average molecular weight is 314 g/mol. The van der Waals surface area contributed by atoms with Crippen LogP contribution < -0.4 is 15.5 Å². The van der Waals surface area contributed by atoms with Crippen LogP contribution in [-0.2, 0) is 6.54 Å². The maximum atomic E-state index is 4.29. The Balaban J connectivity index is 1.76.